The van der Waals surface area contributed by atoms with Gasteiger partial charge in [0.15, 0.2) is 0 Å². The summed E-state index contributed by atoms with van der Waals surface area (Å²) in [7, 11) is 8.86. The van der Waals surface area contributed by atoms with Gasteiger partial charge < -0.3 is 10.2 Å². The second-order valence-corrected chi connectivity index (χ2v) is 9.85. The average Bonchev–Trinajstić information content (AvgIpc) is 2.82. The third kappa shape index (κ3) is 9.15. The highest BCUT2D eigenvalue weighted by Gasteiger charge is 2.16. The van der Waals surface area contributed by atoms with Crippen LogP contribution in [0.3, 0.4) is 0 Å². The van der Waals surface area contributed by atoms with Gasteiger partial charge in [-0.3, -0.25) is 20.8 Å². The minimum Gasteiger partial charge on any atom is -0.353 e. The van der Waals surface area contributed by atoms with Crippen LogP contribution in [0.4, 0.5) is 35.7 Å². The van der Waals surface area contributed by atoms with Gasteiger partial charge in [0, 0.05) is 59.3 Å². The molecule has 2 heterocycles. The monoisotopic (exact) mass is 532 g/mol. The normalized spacial score (nSPS) is 10.8. The molecule has 0 aliphatic heterocycles. The predicted molar refractivity (Wildman–Crippen MR) is 136 cm³/mol. The Kier molecular flexibility index (Phi) is 11.5. The van der Waals surface area contributed by atoms with E-state index in [9.17, 15) is 20.8 Å². The molecule has 0 saturated carbocycles. The molecule has 0 radical (unpaired) electrons. The Bertz CT molecular complexity index is 872. The Hall–Kier alpha value is -2.64. The molecule has 196 valence electrons. The quantitative estimate of drug-likeness (QED) is 0.124. The second-order valence-electron chi connectivity index (χ2n) is 7.15. The van der Waals surface area contributed by atoms with Gasteiger partial charge in [0.2, 0.25) is 11.9 Å². The van der Waals surface area contributed by atoms with Crippen LogP contribution in [0.15, 0.2) is 0 Å². The summed E-state index contributed by atoms with van der Waals surface area (Å²) in [6.45, 7) is 3.94. The van der Waals surface area contributed by atoms with Gasteiger partial charge >= 0.3 is 0 Å². The largest absolute Gasteiger partial charge is 0.353 e. The van der Waals surface area contributed by atoms with Crippen LogP contribution in [0.1, 0.15) is 13.3 Å². The summed E-state index contributed by atoms with van der Waals surface area (Å²) in [4.78, 5) is 26.6. The molecule has 0 saturated heterocycles. The molecule has 0 bridgehead atoms. The molecule has 5 N–H and O–H groups in total. The van der Waals surface area contributed by atoms with Gasteiger partial charge in [-0.1, -0.05) is 28.5 Å². The van der Waals surface area contributed by atoms with Crippen LogP contribution in [0.25, 0.3) is 0 Å². The van der Waals surface area contributed by atoms with Crippen molar-refractivity contribution in [1.82, 2.24) is 29.9 Å². The fraction of sp³-hybridized carbons (Fsp3) is 0.647. The summed E-state index contributed by atoms with van der Waals surface area (Å²) in [6.07, 6.45) is 0.865. The maximum absolute atomic E-state index is 9.74. The molecule has 0 aliphatic rings. The summed E-state index contributed by atoms with van der Waals surface area (Å²) in [6, 6.07) is 0. The number of anilines is 6. The molecule has 2 aromatic rings. The standard InChI is InChI=1S/C17H32N12O4S2/c1-6-8-29(17-23-15(27(4)32)22-16(24-17)28(5)33)9-11-35-34-10-7-18-12-19-13(25(2)30)21-14(20-12)26(3)31/h30-33H,6-11H2,1-5H3,(H,18,19,20,21). The highest BCUT2D eigenvalue weighted by atomic mass is 33.1. The lowest BCUT2D eigenvalue weighted by Gasteiger charge is -2.23. The van der Waals surface area contributed by atoms with Crippen LogP contribution in [0.5, 0.6) is 0 Å². The minimum absolute atomic E-state index is 0.000808. The molecule has 18 heteroatoms. The Labute approximate surface area is 211 Å². The van der Waals surface area contributed by atoms with E-state index in [4.69, 9.17) is 0 Å². The molecule has 0 fully saturated rings. The summed E-state index contributed by atoms with van der Waals surface area (Å²) < 4.78 is 0. The van der Waals surface area contributed by atoms with Crippen LogP contribution in [0.2, 0.25) is 0 Å². The van der Waals surface area contributed by atoms with E-state index >= 15 is 0 Å². The van der Waals surface area contributed by atoms with Gasteiger partial charge in [-0.15, -0.1) is 0 Å². The molecule has 2 aromatic heterocycles. The number of hydroxylamine groups is 4. The first-order valence-corrected chi connectivity index (χ1v) is 13.1. The van der Waals surface area contributed by atoms with Crippen molar-refractivity contribution >= 4 is 57.3 Å². The molecule has 0 amide bonds. The van der Waals surface area contributed by atoms with Crippen molar-refractivity contribution in [3.05, 3.63) is 0 Å². The Morgan fingerprint density at radius 2 is 1.06 bits per heavy atom. The van der Waals surface area contributed by atoms with E-state index in [1.54, 1.807) is 21.6 Å². The molecule has 0 spiro atoms. The topological polar surface area (TPSA) is 186 Å². The number of rotatable bonds is 15. The third-order valence-electron chi connectivity index (χ3n) is 4.14. The van der Waals surface area contributed by atoms with E-state index in [0.29, 0.717) is 25.6 Å². The minimum atomic E-state index is 0.000808. The van der Waals surface area contributed by atoms with Crippen molar-refractivity contribution in [3.63, 3.8) is 0 Å². The van der Waals surface area contributed by atoms with Crippen LogP contribution in [-0.2, 0) is 0 Å². The molecule has 0 aromatic carbocycles. The molecule has 2 rings (SSSR count). The van der Waals surface area contributed by atoms with Crippen molar-refractivity contribution in [3.8, 4) is 0 Å². The molecular weight excluding hydrogens is 500 g/mol. The van der Waals surface area contributed by atoms with Crippen LogP contribution < -0.4 is 30.5 Å². The maximum Gasteiger partial charge on any atom is 0.256 e. The van der Waals surface area contributed by atoms with Crippen molar-refractivity contribution in [2.75, 3.05) is 89.8 Å². The molecule has 35 heavy (non-hydrogen) atoms. The fourth-order valence-corrected chi connectivity index (χ4v) is 4.44. The van der Waals surface area contributed by atoms with Gasteiger partial charge in [0.05, 0.1) is 0 Å². The lowest BCUT2D eigenvalue weighted by molar-refractivity contribution is 0.263. The van der Waals surface area contributed by atoms with E-state index in [2.05, 4.69) is 35.2 Å². The third-order valence-corrected chi connectivity index (χ3v) is 6.53. The smallest absolute Gasteiger partial charge is 0.256 e. The molecule has 0 unspecified atom stereocenters. The average molecular weight is 533 g/mol. The van der Waals surface area contributed by atoms with Gasteiger partial charge in [0.25, 0.3) is 23.8 Å². The highest BCUT2D eigenvalue weighted by molar-refractivity contribution is 8.76. The van der Waals surface area contributed by atoms with Crippen molar-refractivity contribution in [2.45, 2.75) is 13.3 Å². The Balaban J connectivity index is 1.86. The summed E-state index contributed by atoms with van der Waals surface area (Å²) in [5, 5.41) is 44.7. The van der Waals surface area contributed by atoms with Gasteiger partial charge in [-0.25, -0.2) is 20.3 Å². The van der Waals surface area contributed by atoms with Gasteiger partial charge in [-0.2, -0.15) is 29.9 Å². The number of nitrogens with zero attached hydrogens (tertiary/aromatic N) is 11. The lowest BCUT2D eigenvalue weighted by Crippen LogP contribution is -2.30. The first-order chi connectivity index (χ1) is 16.6. The maximum atomic E-state index is 9.74. The van der Waals surface area contributed by atoms with Crippen LogP contribution in [-0.4, -0.2) is 110 Å². The number of aromatic nitrogens is 6. The summed E-state index contributed by atoms with van der Waals surface area (Å²) in [5.74, 6) is 2.18. The highest BCUT2D eigenvalue weighted by Crippen LogP contribution is 2.23. The molecule has 16 nitrogen and oxygen atoms in total. The SMILES string of the molecule is CCCN(CCSSCCNc1nc(N(C)O)nc(N(C)O)n1)c1nc(N(C)O)nc(N(C)O)n1. The fourth-order valence-electron chi connectivity index (χ4n) is 2.55. The second kappa shape index (κ2) is 14.0. The summed E-state index contributed by atoms with van der Waals surface area (Å²) >= 11 is 0. The van der Waals surface area contributed by atoms with E-state index < -0.39 is 0 Å². The van der Waals surface area contributed by atoms with Gasteiger partial charge in [-0.05, 0) is 6.42 Å². The molecular formula is C17H32N12O4S2. The zero-order valence-corrected chi connectivity index (χ0v) is 21.9. The van der Waals surface area contributed by atoms with Crippen molar-refractivity contribution in [1.29, 1.82) is 0 Å². The molecule has 0 aliphatic carbocycles. The lowest BCUT2D eigenvalue weighted by atomic mass is 10.4. The molecule has 0 atom stereocenters. The number of hydrogen-bond donors (Lipinski definition) is 5. The predicted octanol–water partition coefficient (Wildman–Crippen LogP) is 1.07. The zero-order valence-electron chi connectivity index (χ0n) is 20.3. The summed E-state index contributed by atoms with van der Waals surface area (Å²) in [5.41, 5.74) is 0. The van der Waals surface area contributed by atoms with E-state index in [1.807, 2.05) is 11.8 Å². The number of nitrogens with one attached hydrogen (secondary N) is 1. The first-order valence-electron chi connectivity index (χ1n) is 10.6. The van der Waals surface area contributed by atoms with Crippen molar-refractivity contribution in [2.24, 2.45) is 0 Å². The van der Waals surface area contributed by atoms with Crippen molar-refractivity contribution < 1.29 is 20.8 Å². The van der Waals surface area contributed by atoms with Gasteiger partial charge in [0.1, 0.15) is 0 Å². The van der Waals surface area contributed by atoms with E-state index in [1.165, 1.54) is 28.2 Å². The van der Waals surface area contributed by atoms with Crippen LogP contribution in [0, 0.1) is 0 Å². The Morgan fingerprint density at radius 1 is 0.629 bits per heavy atom. The van der Waals surface area contributed by atoms with E-state index in [0.717, 1.165) is 38.2 Å². The van der Waals surface area contributed by atoms with E-state index in [-0.39, 0.29) is 29.7 Å². The number of hydrogen-bond acceptors (Lipinski definition) is 18. The Morgan fingerprint density at radius 3 is 1.51 bits per heavy atom. The zero-order chi connectivity index (χ0) is 26.0. The van der Waals surface area contributed by atoms with Crippen LogP contribution >= 0.6 is 21.6 Å². The first kappa shape index (κ1) is 28.6.